The van der Waals surface area contributed by atoms with Gasteiger partial charge in [0.1, 0.15) is 6.10 Å². The Morgan fingerprint density at radius 2 is 2.20 bits per heavy atom. The third-order valence-corrected chi connectivity index (χ3v) is 2.54. The van der Waals surface area contributed by atoms with Gasteiger partial charge in [0, 0.05) is 5.57 Å². The number of aliphatic hydroxyl groups excluding tert-OH is 1. The van der Waals surface area contributed by atoms with Crippen molar-refractivity contribution in [1.82, 2.24) is 5.32 Å². The summed E-state index contributed by atoms with van der Waals surface area (Å²) in [6.07, 6.45) is -1.18. The molecular formula is C10H15NO4. The minimum atomic E-state index is -1.61. The number of nitrogens with one attached hydrogen (secondary N) is 1. The van der Waals surface area contributed by atoms with Gasteiger partial charge in [-0.05, 0) is 12.3 Å². The van der Waals surface area contributed by atoms with E-state index in [1.807, 2.05) is 13.8 Å². The normalized spacial score (nSPS) is 30.8. The third-order valence-electron chi connectivity index (χ3n) is 2.54. The van der Waals surface area contributed by atoms with Crippen LogP contribution in [0.4, 0.5) is 0 Å². The molecule has 0 aromatic rings. The number of carbonyl (C=O) groups excluding carboxylic acids is 1. The molecule has 5 nitrogen and oxygen atoms in total. The molecule has 15 heavy (non-hydrogen) atoms. The number of carboxylic acid groups (broad SMARTS) is 1. The molecule has 0 aromatic carbocycles. The highest BCUT2D eigenvalue weighted by Crippen LogP contribution is 2.30. The number of aliphatic carboxylic acids is 1. The molecule has 0 saturated carbocycles. The van der Waals surface area contributed by atoms with Crippen molar-refractivity contribution in [1.29, 1.82) is 0 Å². The molecule has 0 aliphatic carbocycles. The van der Waals surface area contributed by atoms with Crippen molar-refractivity contribution >= 4 is 11.9 Å². The number of carbonyl (C=O) groups is 2. The molecule has 1 aliphatic rings. The Balaban J connectivity index is 3.08. The van der Waals surface area contributed by atoms with Crippen molar-refractivity contribution in [3.05, 3.63) is 12.2 Å². The summed E-state index contributed by atoms with van der Waals surface area (Å²) in [5.74, 6) is -1.77. The molecule has 1 heterocycles. The fraction of sp³-hybridized carbons (Fsp3) is 0.600. The standard InChI is InChI=1S/C10H15NO4/c1-5(2)4-10(9(14)15)7(12)6(3)8(13)11-10/h5,7,12H,3-4H2,1-2H3,(H,11,13)(H,14,15)/t7-,10+/m1/s1. The average Bonchev–Trinajstić information content (AvgIpc) is 2.31. The van der Waals surface area contributed by atoms with E-state index in [9.17, 15) is 14.7 Å². The first-order chi connectivity index (χ1) is 6.81. The molecule has 1 saturated heterocycles. The van der Waals surface area contributed by atoms with Crippen LogP contribution in [0.1, 0.15) is 20.3 Å². The lowest BCUT2D eigenvalue weighted by atomic mass is 9.84. The van der Waals surface area contributed by atoms with Gasteiger partial charge in [0.05, 0.1) is 0 Å². The van der Waals surface area contributed by atoms with Gasteiger partial charge in [-0.2, -0.15) is 0 Å². The fourth-order valence-corrected chi connectivity index (χ4v) is 1.84. The summed E-state index contributed by atoms with van der Waals surface area (Å²) in [5.41, 5.74) is -1.69. The summed E-state index contributed by atoms with van der Waals surface area (Å²) in [6, 6.07) is 0. The second-order valence-electron chi connectivity index (χ2n) is 4.26. The first-order valence-corrected chi connectivity index (χ1v) is 4.74. The van der Waals surface area contributed by atoms with Crippen LogP contribution in [0.3, 0.4) is 0 Å². The molecule has 0 radical (unpaired) electrons. The Kier molecular flexibility index (Phi) is 2.86. The Morgan fingerprint density at radius 3 is 2.47 bits per heavy atom. The van der Waals surface area contributed by atoms with Crippen molar-refractivity contribution in [3.63, 3.8) is 0 Å². The molecular weight excluding hydrogens is 198 g/mol. The second-order valence-corrected chi connectivity index (χ2v) is 4.26. The monoisotopic (exact) mass is 213 g/mol. The van der Waals surface area contributed by atoms with Crippen molar-refractivity contribution in [2.75, 3.05) is 0 Å². The molecule has 1 fully saturated rings. The summed E-state index contributed by atoms with van der Waals surface area (Å²) in [4.78, 5) is 22.4. The van der Waals surface area contributed by atoms with Crippen LogP contribution < -0.4 is 5.32 Å². The molecule has 1 amide bonds. The van der Waals surface area contributed by atoms with E-state index in [-0.39, 0.29) is 17.9 Å². The molecule has 3 N–H and O–H groups in total. The maximum absolute atomic E-state index is 11.3. The van der Waals surface area contributed by atoms with E-state index < -0.39 is 23.5 Å². The zero-order valence-electron chi connectivity index (χ0n) is 8.78. The van der Waals surface area contributed by atoms with Crippen LogP contribution in [-0.4, -0.2) is 33.7 Å². The first-order valence-electron chi connectivity index (χ1n) is 4.74. The molecule has 0 bridgehead atoms. The van der Waals surface area contributed by atoms with Crippen molar-refractivity contribution in [3.8, 4) is 0 Å². The number of rotatable bonds is 3. The Morgan fingerprint density at radius 1 is 1.67 bits per heavy atom. The summed E-state index contributed by atoms with van der Waals surface area (Å²) in [6.45, 7) is 7.02. The van der Waals surface area contributed by atoms with Crippen molar-refractivity contribution < 1.29 is 19.8 Å². The van der Waals surface area contributed by atoms with Crippen molar-refractivity contribution in [2.45, 2.75) is 31.9 Å². The highest BCUT2D eigenvalue weighted by Gasteiger charge is 2.54. The molecule has 84 valence electrons. The summed E-state index contributed by atoms with van der Waals surface area (Å²) >= 11 is 0. The topological polar surface area (TPSA) is 86.6 Å². The summed E-state index contributed by atoms with van der Waals surface area (Å²) < 4.78 is 0. The molecule has 0 spiro atoms. The smallest absolute Gasteiger partial charge is 0.332 e. The molecule has 0 aromatic heterocycles. The van der Waals surface area contributed by atoms with E-state index in [1.54, 1.807) is 0 Å². The summed E-state index contributed by atoms with van der Waals surface area (Å²) in [5, 5.41) is 21.1. The van der Waals surface area contributed by atoms with Crippen LogP contribution in [0.2, 0.25) is 0 Å². The zero-order chi connectivity index (χ0) is 11.8. The fourth-order valence-electron chi connectivity index (χ4n) is 1.84. The van der Waals surface area contributed by atoms with Crippen LogP contribution >= 0.6 is 0 Å². The Bertz CT molecular complexity index is 323. The van der Waals surface area contributed by atoms with Crippen LogP contribution in [0, 0.1) is 5.92 Å². The number of aliphatic hydroxyl groups is 1. The number of hydrogen-bond donors (Lipinski definition) is 3. The lowest BCUT2D eigenvalue weighted by Gasteiger charge is -2.29. The molecule has 1 rings (SSSR count). The van der Waals surface area contributed by atoms with Crippen LogP contribution in [0.15, 0.2) is 12.2 Å². The van der Waals surface area contributed by atoms with E-state index in [0.29, 0.717) is 0 Å². The zero-order valence-corrected chi connectivity index (χ0v) is 8.78. The van der Waals surface area contributed by atoms with Gasteiger partial charge in [-0.3, -0.25) is 4.79 Å². The average molecular weight is 213 g/mol. The lowest BCUT2D eigenvalue weighted by Crippen LogP contribution is -2.56. The molecule has 2 atom stereocenters. The maximum atomic E-state index is 11.3. The number of carboxylic acids is 1. The predicted octanol–water partition coefficient (Wildman–Crippen LogP) is -0.0972. The predicted molar refractivity (Wildman–Crippen MR) is 53.1 cm³/mol. The molecule has 0 unspecified atom stereocenters. The number of amides is 1. The van der Waals surface area contributed by atoms with Gasteiger partial charge in [0.2, 0.25) is 5.91 Å². The van der Waals surface area contributed by atoms with Crippen molar-refractivity contribution in [2.24, 2.45) is 5.92 Å². The Hall–Kier alpha value is -1.36. The minimum Gasteiger partial charge on any atom is -0.479 e. The van der Waals surface area contributed by atoms with E-state index in [2.05, 4.69) is 11.9 Å². The largest absolute Gasteiger partial charge is 0.479 e. The highest BCUT2D eigenvalue weighted by atomic mass is 16.4. The third kappa shape index (κ3) is 1.74. The van der Waals surface area contributed by atoms with Crippen LogP contribution in [0.5, 0.6) is 0 Å². The summed E-state index contributed by atoms with van der Waals surface area (Å²) in [7, 11) is 0. The SMILES string of the molecule is C=C1C(=O)N[C@](CC(C)C)(C(=O)O)[C@@H]1O. The highest BCUT2D eigenvalue weighted by molar-refractivity contribution is 6.03. The first kappa shape index (κ1) is 11.7. The van der Waals surface area contributed by atoms with Gasteiger partial charge < -0.3 is 15.5 Å². The van der Waals surface area contributed by atoms with Gasteiger partial charge in [-0.15, -0.1) is 0 Å². The number of hydrogen-bond acceptors (Lipinski definition) is 3. The van der Waals surface area contributed by atoms with Crippen LogP contribution in [-0.2, 0) is 9.59 Å². The van der Waals surface area contributed by atoms with E-state index in [0.717, 1.165) is 0 Å². The maximum Gasteiger partial charge on any atom is 0.332 e. The Labute approximate surface area is 87.8 Å². The second kappa shape index (κ2) is 3.66. The van der Waals surface area contributed by atoms with Gasteiger partial charge in [-0.1, -0.05) is 20.4 Å². The van der Waals surface area contributed by atoms with E-state index in [1.165, 1.54) is 0 Å². The van der Waals surface area contributed by atoms with Crippen LogP contribution in [0.25, 0.3) is 0 Å². The van der Waals surface area contributed by atoms with Gasteiger partial charge in [-0.25, -0.2) is 4.79 Å². The van der Waals surface area contributed by atoms with Gasteiger partial charge in [0.15, 0.2) is 5.54 Å². The van der Waals surface area contributed by atoms with Gasteiger partial charge in [0.25, 0.3) is 0 Å². The van der Waals surface area contributed by atoms with E-state index in [4.69, 9.17) is 5.11 Å². The molecule has 1 aliphatic heterocycles. The lowest BCUT2D eigenvalue weighted by molar-refractivity contribution is -0.149. The minimum absolute atomic E-state index is 0.0435. The molecule has 5 heteroatoms. The van der Waals surface area contributed by atoms with Gasteiger partial charge >= 0.3 is 5.97 Å². The quantitative estimate of drug-likeness (QED) is 0.571. The van der Waals surface area contributed by atoms with E-state index >= 15 is 0 Å².